The van der Waals surface area contributed by atoms with Gasteiger partial charge in [0.2, 0.25) is 11.7 Å². The fourth-order valence-corrected chi connectivity index (χ4v) is 4.09. The molecule has 6 nitrogen and oxygen atoms in total. The van der Waals surface area contributed by atoms with Crippen molar-refractivity contribution in [2.45, 2.75) is 52.5 Å². The molecule has 1 N–H and O–H groups in total. The Balaban J connectivity index is 1.52. The zero-order valence-corrected chi connectivity index (χ0v) is 15.7. The summed E-state index contributed by atoms with van der Waals surface area (Å²) in [6.45, 7) is 7.50. The summed E-state index contributed by atoms with van der Waals surface area (Å²) in [5, 5.41) is 3.10. The van der Waals surface area contributed by atoms with E-state index in [-0.39, 0.29) is 35.0 Å². The molecule has 1 aliphatic carbocycles. The SMILES string of the molecule is CC(C)(C)[C@@H]1CCCC[C@@H]1C(=O)NC1CN(C(=O)c2ncc(F)cn2)C1. The van der Waals surface area contributed by atoms with Crippen LogP contribution in [-0.2, 0) is 4.79 Å². The van der Waals surface area contributed by atoms with Crippen molar-refractivity contribution in [2.24, 2.45) is 17.3 Å². The molecule has 1 saturated carbocycles. The number of aromatic nitrogens is 2. The highest BCUT2D eigenvalue weighted by molar-refractivity contribution is 5.91. The monoisotopic (exact) mass is 362 g/mol. The van der Waals surface area contributed by atoms with E-state index in [2.05, 4.69) is 36.1 Å². The molecule has 1 aromatic heterocycles. The highest BCUT2D eigenvalue weighted by Gasteiger charge is 2.40. The number of amides is 2. The Labute approximate surface area is 153 Å². The maximum absolute atomic E-state index is 12.8. The summed E-state index contributed by atoms with van der Waals surface area (Å²) in [5.74, 6) is -0.372. The third-order valence-electron chi connectivity index (χ3n) is 5.54. The quantitative estimate of drug-likeness (QED) is 0.896. The molecule has 1 aromatic rings. The van der Waals surface area contributed by atoms with Crippen LogP contribution in [0.25, 0.3) is 0 Å². The second-order valence-electron chi connectivity index (χ2n) is 8.50. The smallest absolute Gasteiger partial charge is 0.291 e. The normalized spacial score (nSPS) is 24.1. The average Bonchev–Trinajstić information content (AvgIpc) is 2.57. The van der Waals surface area contributed by atoms with Gasteiger partial charge >= 0.3 is 0 Å². The molecule has 2 fully saturated rings. The number of rotatable bonds is 3. The second-order valence-corrected chi connectivity index (χ2v) is 8.50. The number of hydrogen-bond acceptors (Lipinski definition) is 4. The van der Waals surface area contributed by atoms with E-state index in [0.29, 0.717) is 19.0 Å². The molecule has 26 heavy (non-hydrogen) atoms. The molecule has 142 valence electrons. The van der Waals surface area contributed by atoms with Gasteiger partial charge in [0.1, 0.15) is 0 Å². The Hall–Kier alpha value is -2.05. The molecule has 0 unspecified atom stereocenters. The molecule has 7 heteroatoms. The Morgan fingerprint density at radius 1 is 1.15 bits per heavy atom. The van der Waals surface area contributed by atoms with Crippen LogP contribution < -0.4 is 5.32 Å². The summed E-state index contributed by atoms with van der Waals surface area (Å²) in [6.07, 6.45) is 6.28. The number of nitrogens with one attached hydrogen (secondary N) is 1. The van der Waals surface area contributed by atoms with E-state index in [9.17, 15) is 14.0 Å². The average molecular weight is 362 g/mol. The van der Waals surface area contributed by atoms with Crippen molar-refractivity contribution in [3.05, 3.63) is 24.0 Å². The lowest BCUT2D eigenvalue weighted by atomic mass is 9.66. The predicted octanol–water partition coefficient (Wildman–Crippen LogP) is 2.41. The Morgan fingerprint density at radius 3 is 2.38 bits per heavy atom. The number of likely N-dealkylation sites (tertiary alicyclic amines) is 1. The number of carbonyl (C=O) groups excluding carboxylic acids is 2. The minimum atomic E-state index is -0.573. The highest BCUT2D eigenvalue weighted by atomic mass is 19.1. The number of halogens is 1. The van der Waals surface area contributed by atoms with Gasteiger partial charge in [-0.25, -0.2) is 14.4 Å². The van der Waals surface area contributed by atoms with Crippen LogP contribution in [0.15, 0.2) is 12.4 Å². The summed E-state index contributed by atoms with van der Waals surface area (Å²) in [7, 11) is 0. The fraction of sp³-hybridized carbons (Fsp3) is 0.684. The molecule has 0 radical (unpaired) electrons. The zero-order valence-electron chi connectivity index (χ0n) is 15.7. The second kappa shape index (κ2) is 7.29. The van der Waals surface area contributed by atoms with Crippen molar-refractivity contribution >= 4 is 11.8 Å². The molecule has 2 amide bonds. The third-order valence-corrected chi connectivity index (χ3v) is 5.54. The summed E-state index contributed by atoms with van der Waals surface area (Å²) in [4.78, 5) is 34.0. The van der Waals surface area contributed by atoms with E-state index < -0.39 is 5.82 Å². The molecule has 2 heterocycles. The lowest BCUT2D eigenvalue weighted by Crippen LogP contribution is -2.62. The van der Waals surface area contributed by atoms with Crippen LogP contribution in [0.5, 0.6) is 0 Å². The number of nitrogens with zero attached hydrogens (tertiary/aromatic N) is 3. The van der Waals surface area contributed by atoms with E-state index in [4.69, 9.17) is 0 Å². The Morgan fingerprint density at radius 2 is 1.77 bits per heavy atom. The largest absolute Gasteiger partial charge is 0.350 e. The van der Waals surface area contributed by atoms with Gasteiger partial charge in [0.15, 0.2) is 5.82 Å². The van der Waals surface area contributed by atoms with E-state index in [1.54, 1.807) is 4.90 Å². The molecule has 0 bridgehead atoms. The summed E-state index contributed by atoms with van der Waals surface area (Å²) in [5.41, 5.74) is 0.115. The molecule has 1 saturated heterocycles. The van der Waals surface area contributed by atoms with Crippen molar-refractivity contribution in [3.63, 3.8) is 0 Å². The van der Waals surface area contributed by atoms with Crippen molar-refractivity contribution in [1.82, 2.24) is 20.2 Å². The minimum absolute atomic E-state index is 0.0174. The van der Waals surface area contributed by atoms with Gasteiger partial charge in [0, 0.05) is 19.0 Å². The van der Waals surface area contributed by atoms with Crippen LogP contribution in [0.3, 0.4) is 0 Å². The fourth-order valence-electron chi connectivity index (χ4n) is 4.09. The van der Waals surface area contributed by atoms with E-state index in [1.165, 1.54) is 6.42 Å². The molecule has 0 spiro atoms. The van der Waals surface area contributed by atoms with Gasteiger partial charge in [-0.3, -0.25) is 9.59 Å². The van der Waals surface area contributed by atoms with Crippen LogP contribution >= 0.6 is 0 Å². The zero-order chi connectivity index (χ0) is 18.9. The van der Waals surface area contributed by atoms with Gasteiger partial charge in [-0.1, -0.05) is 33.6 Å². The van der Waals surface area contributed by atoms with Gasteiger partial charge in [-0.05, 0) is 24.2 Å². The van der Waals surface area contributed by atoms with Crippen molar-refractivity contribution in [2.75, 3.05) is 13.1 Å². The minimum Gasteiger partial charge on any atom is -0.350 e. The van der Waals surface area contributed by atoms with Gasteiger partial charge in [-0.2, -0.15) is 0 Å². The van der Waals surface area contributed by atoms with Gasteiger partial charge < -0.3 is 10.2 Å². The predicted molar refractivity (Wildman–Crippen MR) is 94.7 cm³/mol. The Bertz CT molecular complexity index is 665. The first-order chi connectivity index (χ1) is 12.3. The first-order valence-corrected chi connectivity index (χ1v) is 9.33. The van der Waals surface area contributed by atoms with Gasteiger partial charge in [-0.15, -0.1) is 0 Å². The van der Waals surface area contributed by atoms with E-state index >= 15 is 0 Å². The lowest BCUT2D eigenvalue weighted by molar-refractivity contribution is -0.131. The van der Waals surface area contributed by atoms with Crippen molar-refractivity contribution < 1.29 is 14.0 Å². The molecule has 2 atom stereocenters. The van der Waals surface area contributed by atoms with E-state index in [1.807, 2.05) is 0 Å². The molecule has 2 aliphatic rings. The molecule has 3 rings (SSSR count). The summed E-state index contributed by atoms with van der Waals surface area (Å²) < 4.78 is 12.8. The van der Waals surface area contributed by atoms with Crippen molar-refractivity contribution in [1.29, 1.82) is 0 Å². The van der Waals surface area contributed by atoms with Crippen LogP contribution in [0.4, 0.5) is 4.39 Å². The standard InChI is InChI=1S/C19H27FN4O2/c1-19(2,3)15-7-5-4-6-14(15)17(25)23-13-10-24(11-13)18(26)16-21-8-12(20)9-22-16/h8-9,13-15H,4-7,10-11H2,1-3H3,(H,23,25)/t14-,15+/m0/s1. The van der Waals surface area contributed by atoms with Gasteiger partial charge in [0.25, 0.3) is 5.91 Å². The topological polar surface area (TPSA) is 75.2 Å². The van der Waals surface area contributed by atoms with Crippen LogP contribution in [0.1, 0.15) is 57.1 Å². The maximum Gasteiger partial charge on any atom is 0.291 e. The summed E-state index contributed by atoms with van der Waals surface area (Å²) >= 11 is 0. The van der Waals surface area contributed by atoms with Crippen molar-refractivity contribution in [3.8, 4) is 0 Å². The Kier molecular flexibility index (Phi) is 5.25. The molecular weight excluding hydrogens is 335 g/mol. The van der Waals surface area contributed by atoms with Crippen LogP contribution in [0.2, 0.25) is 0 Å². The highest BCUT2D eigenvalue weighted by Crippen LogP contribution is 2.42. The first kappa shape index (κ1) is 18.7. The van der Waals surface area contributed by atoms with Gasteiger partial charge in [0.05, 0.1) is 18.4 Å². The van der Waals surface area contributed by atoms with E-state index in [0.717, 1.165) is 31.7 Å². The first-order valence-electron chi connectivity index (χ1n) is 9.33. The maximum atomic E-state index is 12.8. The summed E-state index contributed by atoms with van der Waals surface area (Å²) in [6, 6.07) is -0.0329. The molecular formula is C19H27FN4O2. The molecule has 0 aromatic carbocycles. The number of carbonyl (C=O) groups is 2. The number of hydrogen-bond donors (Lipinski definition) is 1. The third kappa shape index (κ3) is 4.02. The van der Waals surface area contributed by atoms with Crippen LogP contribution in [-0.4, -0.2) is 45.8 Å². The van der Waals surface area contributed by atoms with Crippen LogP contribution in [0, 0.1) is 23.1 Å². The molecule has 1 aliphatic heterocycles. The lowest BCUT2D eigenvalue weighted by Gasteiger charge is -2.43.